The largest absolute Gasteiger partial charge is 0.374 e. The average Bonchev–Trinajstić information content (AvgIpc) is 2.59. The molecule has 1 aromatic rings. The van der Waals surface area contributed by atoms with E-state index < -0.39 is 10.0 Å². The fraction of sp³-hybridized carbons (Fsp3) is 0.611. The lowest BCUT2D eigenvalue weighted by molar-refractivity contribution is -0.147. The first-order valence-corrected chi connectivity index (χ1v) is 10.7. The molecule has 0 N–H and O–H groups in total. The molecular weight excluding hydrogens is 340 g/mol. The smallest absolute Gasteiger partial charge is 0.243 e. The predicted molar refractivity (Wildman–Crippen MR) is 97.1 cm³/mol. The van der Waals surface area contributed by atoms with Gasteiger partial charge in [0, 0.05) is 6.54 Å². The first-order chi connectivity index (χ1) is 11.9. The van der Waals surface area contributed by atoms with Gasteiger partial charge >= 0.3 is 0 Å². The molecule has 3 rings (SSSR count). The highest BCUT2D eigenvalue weighted by atomic mass is 32.2. The molecule has 25 heavy (non-hydrogen) atoms. The van der Waals surface area contributed by atoms with Crippen LogP contribution in [0.2, 0.25) is 0 Å². The van der Waals surface area contributed by atoms with Gasteiger partial charge in [0.2, 0.25) is 15.9 Å². The molecule has 6 nitrogen and oxygen atoms in total. The number of benzene rings is 1. The Morgan fingerprint density at radius 3 is 2.72 bits per heavy atom. The van der Waals surface area contributed by atoms with E-state index in [1.165, 1.54) is 4.31 Å². The Balaban J connectivity index is 1.82. The van der Waals surface area contributed by atoms with Crippen molar-refractivity contribution in [2.24, 2.45) is 0 Å². The molecule has 2 aliphatic rings. The number of morpholine rings is 1. The van der Waals surface area contributed by atoms with Crippen LogP contribution in [0.25, 0.3) is 0 Å². The van der Waals surface area contributed by atoms with E-state index in [2.05, 4.69) is 0 Å². The highest BCUT2D eigenvalue weighted by molar-refractivity contribution is 7.92. The second kappa shape index (κ2) is 7.33. The fourth-order valence-electron chi connectivity index (χ4n) is 3.84. The van der Waals surface area contributed by atoms with Crippen molar-refractivity contribution < 1.29 is 17.9 Å². The zero-order valence-corrected chi connectivity index (χ0v) is 15.7. The maximum Gasteiger partial charge on any atom is 0.243 e. The molecule has 1 saturated heterocycles. The molecular formula is C18H26N2O4S. The van der Waals surface area contributed by atoms with E-state index in [0.29, 0.717) is 18.8 Å². The summed E-state index contributed by atoms with van der Waals surface area (Å²) >= 11 is 0. The SMILES string of the molecule is Cc1ccccc1N(CC(=O)N1CCOC2CCCCC21)S(C)(=O)=O. The van der Waals surface area contributed by atoms with Crippen molar-refractivity contribution in [3.05, 3.63) is 29.8 Å². The van der Waals surface area contributed by atoms with Crippen molar-refractivity contribution in [1.82, 2.24) is 4.90 Å². The van der Waals surface area contributed by atoms with Crippen molar-refractivity contribution in [1.29, 1.82) is 0 Å². The molecule has 1 aliphatic heterocycles. The van der Waals surface area contributed by atoms with Crippen LogP contribution in [-0.2, 0) is 19.6 Å². The molecule has 138 valence electrons. The van der Waals surface area contributed by atoms with E-state index in [4.69, 9.17) is 4.74 Å². The molecule has 0 radical (unpaired) electrons. The van der Waals surface area contributed by atoms with Crippen molar-refractivity contribution in [3.8, 4) is 0 Å². The van der Waals surface area contributed by atoms with Crippen LogP contribution in [0.1, 0.15) is 31.2 Å². The maximum absolute atomic E-state index is 13.0. The fourth-order valence-corrected chi connectivity index (χ4v) is 4.75. The Bertz CT molecular complexity index is 732. The predicted octanol–water partition coefficient (Wildman–Crippen LogP) is 1.93. The lowest BCUT2D eigenvalue weighted by Crippen LogP contribution is -2.57. The van der Waals surface area contributed by atoms with Gasteiger partial charge in [-0.25, -0.2) is 8.42 Å². The Hall–Kier alpha value is -1.60. The van der Waals surface area contributed by atoms with Crippen molar-refractivity contribution >= 4 is 21.6 Å². The van der Waals surface area contributed by atoms with Gasteiger partial charge in [0.15, 0.2) is 0 Å². The van der Waals surface area contributed by atoms with E-state index in [0.717, 1.165) is 37.5 Å². The zero-order chi connectivity index (χ0) is 18.0. The summed E-state index contributed by atoms with van der Waals surface area (Å²) < 4.78 is 31.7. The van der Waals surface area contributed by atoms with Gasteiger partial charge in [-0.15, -0.1) is 0 Å². The third-order valence-electron chi connectivity index (χ3n) is 5.12. The average molecular weight is 366 g/mol. The highest BCUT2D eigenvalue weighted by Gasteiger charge is 2.37. The number of nitrogens with zero attached hydrogens (tertiary/aromatic N) is 2. The van der Waals surface area contributed by atoms with Gasteiger partial charge < -0.3 is 9.64 Å². The van der Waals surface area contributed by atoms with Crippen molar-refractivity contribution in [3.63, 3.8) is 0 Å². The topological polar surface area (TPSA) is 66.9 Å². The van der Waals surface area contributed by atoms with Gasteiger partial charge in [0.1, 0.15) is 6.54 Å². The van der Waals surface area contributed by atoms with Crippen molar-refractivity contribution in [2.75, 3.05) is 30.3 Å². The van der Waals surface area contributed by atoms with Crippen LogP contribution < -0.4 is 4.31 Å². The minimum atomic E-state index is -3.55. The number of para-hydroxylation sites is 1. The van der Waals surface area contributed by atoms with Crippen LogP contribution in [0.5, 0.6) is 0 Å². The second-order valence-corrected chi connectivity index (χ2v) is 8.81. The van der Waals surface area contributed by atoms with Gasteiger partial charge in [-0.2, -0.15) is 0 Å². The van der Waals surface area contributed by atoms with Gasteiger partial charge in [-0.1, -0.05) is 31.0 Å². The second-order valence-electron chi connectivity index (χ2n) is 6.90. The molecule has 0 bridgehead atoms. The summed E-state index contributed by atoms with van der Waals surface area (Å²) in [7, 11) is -3.55. The van der Waals surface area contributed by atoms with Crippen molar-refractivity contribution in [2.45, 2.75) is 44.8 Å². The molecule has 1 saturated carbocycles. The number of hydrogen-bond acceptors (Lipinski definition) is 4. The Morgan fingerprint density at radius 1 is 1.28 bits per heavy atom. The molecule has 1 amide bonds. The lowest BCUT2D eigenvalue weighted by atomic mass is 9.90. The molecule has 2 unspecified atom stereocenters. The minimum absolute atomic E-state index is 0.0771. The molecule has 2 fully saturated rings. The first kappa shape index (κ1) is 18.2. The van der Waals surface area contributed by atoms with E-state index in [1.807, 2.05) is 24.0 Å². The number of hydrogen-bond donors (Lipinski definition) is 0. The van der Waals surface area contributed by atoms with E-state index in [9.17, 15) is 13.2 Å². The number of sulfonamides is 1. The van der Waals surface area contributed by atoms with Crippen LogP contribution in [0.3, 0.4) is 0 Å². The molecule has 1 aliphatic carbocycles. The third-order valence-corrected chi connectivity index (χ3v) is 6.24. The molecule has 0 aromatic heterocycles. The maximum atomic E-state index is 13.0. The van der Waals surface area contributed by atoms with Gasteiger partial charge in [-0.3, -0.25) is 9.10 Å². The summed E-state index contributed by atoms with van der Waals surface area (Å²) in [5, 5.41) is 0. The number of anilines is 1. The van der Waals surface area contributed by atoms with Gasteiger partial charge in [-0.05, 0) is 31.4 Å². The van der Waals surface area contributed by atoms with Crippen LogP contribution in [0, 0.1) is 6.92 Å². The Kier molecular flexibility index (Phi) is 5.34. The van der Waals surface area contributed by atoms with E-state index in [1.54, 1.807) is 12.1 Å². The molecule has 1 heterocycles. The summed E-state index contributed by atoms with van der Waals surface area (Å²) in [5.74, 6) is -0.145. The Morgan fingerprint density at radius 2 is 2.00 bits per heavy atom. The quantitative estimate of drug-likeness (QED) is 0.817. The van der Waals surface area contributed by atoms with Crippen LogP contribution >= 0.6 is 0 Å². The summed E-state index contributed by atoms with van der Waals surface area (Å²) in [6.45, 7) is 2.75. The number of aryl methyl sites for hydroxylation is 1. The zero-order valence-electron chi connectivity index (χ0n) is 14.8. The molecule has 2 atom stereocenters. The van der Waals surface area contributed by atoms with Crippen LogP contribution in [0.15, 0.2) is 24.3 Å². The summed E-state index contributed by atoms with van der Waals surface area (Å²) in [5.41, 5.74) is 1.39. The number of ether oxygens (including phenoxy) is 1. The van der Waals surface area contributed by atoms with Gasteiger partial charge in [0.05, 0.1) is 30.7 Å². The standard InChI is InChI=1S/C18H26N2O4S/c1-14-7-3-4-8-15(14)20(25(2,22)23)13-18(21)19-11-12-24-17-10-6-5-9-16(17)19/h3-4,7-8,16-17H,5-6,9-13H2,1-2H3. The number of rotatable bonds is 4. The van der Waals surface area contributed by atoms with Crippen LogP contribution in [-0.4, -0.2) is 57.3 Å². The number of fused-ring (bicyclic) bond motifs is 1. The van der Waals surface area contributed by atoms with Crippen LogP contribution in [0.4, 0.5) is 5.69 Å². The number of carbonyl (C=O) groups excluding carboxylic acids is 1. The normalized spacial score (nSPS) is 23.8. The monoisotopic (exact) mass is 366 g/mol. The minimum Gasteiger partial charge on any atom is -0.374 e. The first-order valence-electron chi connectivity index (χ1n) is 8.82. The third kappa shape index (κ3) is 3.98. The molecule has 7 heteroatoms. The summed E-state index contributed by atoms with van der Waals surface area (Å²) in [4.78, 5) is 14.8. The molecule has 0 spiro atoms. The molecule has 1 aromatic carbocycles. The summed E-state index contributed by atoms with van der Waals surface area (Å²) in [6.07, 6.45) is 5.36. The van der Waals surface area contributed by atoms with Gasteiger partial charge in [0.25, 0.3) is 0 Å². The lowest BCUT2D eigenvalue weighted by Gasteiger charge is -2.44. The highest BCUT2D eigenvalue weighted by Crippen LogP contribution is 2.29. The van der Waals surface area contributed by atoms with E-state index >= 15 is 0 Å². The summed E-state index contributed by atoms with van der Waals surface area (Å²) in [6, 6.07) is 7.32. The Labute approximate surface area is 149 Å². The number of amides is 1. The van der Waals surface area contributed by atoms with E-state index in [-0.39, 0.29) is 24.6 Å². The number of carbonyl (C=O) groups is 1.